The Kier molecular flexibility index (Phi) is 15.1. The van der Waals surface area contributed by atoms with Crippen LogP contribution in [0.15, 0.2) is 121 Å². The quantitative estimate of drug-likeness (QED) is 0.0634. The van der Waals surface area contributed by atoms with E-state index >= 15 is 0 Å². The van der Waals surface area contributed by atoms with Gasteiger partial charge in [0.15, 0.2) is 0 Å². The average molecular weight is 637 g/mol. The minimum absolute atomic E-state index is 0.0974. The number of benzene rings is 4. The van der Waals surface area contributed by atoms with Gasteiger partial charge in [0.25, 0.3) is 0 Å². The van der Waals surface area contributed by atoms with E-state index in [1.165, 1.54) is 83.5 Å². The van der Waals surface area contributed by atoms with E-state index in [9.17, 15) is 4.79 Å². The molecule has 3 heteroatoms. The fourth-order valence-electron chi connectivity index (χ4n) is 6.98. The van der Waals surface area contributed by atoms with E-state index in [4.69, 9.17) is 4.52 Å². The third kappa shape index (κ3) is 9.65. The van der Waals surface area contributed by atoms with Gasteiger partial charge in [-0.2, -0.15) is 0 Å². The second-order valence-electron chi connectivity index (χ2n) is 13.0. The molecule has 0 aliphatic rings. The number of hydrogen-bond acceptors (Lipinski definition) is 2. The first kappa shape index (κ1) is 35.6. The third-order valence-electron chi connectivity index (χ3n) is 9.52. The monoisotopic (exact) mass is 636 g/mol. The summed E-state index contributed by atoms with van der Waals surface area (Å²) in [7, 11) is 0. The molecule has 0 spiro atoms. The van der Waals surface area contributed by atoms with Gasteiger partial charge in [-0.1, -0.05) is 45.4 Å². The minimum atomic E-state index is -3.77. The summed E-state index contributed by atoms with van der Waals surface area (Å²) in [6.07, 6.45) is 20.7. The Hall–Kier alpha value is -3.22. The molecule has 0 amide bonds. The van der Waals surface area contributed by atoms with E-state index in [1.807, 2.05) is 18.2 Å². The van der Waals surface area contributed by atoms with E-state index < -0.39 is 6.83 Å². The number of unbranched alkanes of at least 4 members (excludes halogenated alkanes) is 14. The van der Waals surface area contributed by atoms with Crippen molar-refractivity contribution in [1.29, 1.82) is 0 Å². The van der Waals surface area contributed by atoms with Crippen LogP contribution >= 0.6 is 6.83 Å². The topological polar surface area (TPSA) is 26.3 Å². The van der Waals surface area contributed by atoms with Gasteiger partial charge in [0, 0.05) is 0 Å². The molecule has 0 fully saturated rings. The molecule has 246 valence electrons. The van der Waals surface area contributed by atoms with Crippen LogP contribution in [-0.4, -0.2) is 5.97 Å². The number of carbonyl (C=O) groups excluding carboxylic acids is 1. The summed E-state index contributed by atoms with van der Waals surface area (Å²) in [5, 5.41) is 3.25. The maximum atomic E-state index is 14.1. The second-order valence-corrected chi connectivity index (χ2v) is 17.5. The molecule has 0 N–H and O–H groups in total. The number of carbonyl (C=O) groups is 1. The molecule has 0 saturated heterocycles. The van der Waals surface area contributed by atoms with Crippen molar-refractivity contribution in [2.24, 2.45) is 0 Å². The molecule has 0 aliphatic carbocycles. The standard InChI is InChI=1S/C43H57O2P/c1-2-3-4-5-6-7-8-9-10-11-12-13-14-15-28-37-43(44)45-46(40-31-22-17-23-32-40,41-33-24-18-25-34-41,42-35-26-19-27-36-42)38-39-29-20-16-21-30-39/h16-27,29-36H,2-15,28,37-38H2,1H3. The Labute approximate surface area is 280 Å². The van der Waals surface area contributed by atoms with E-state index in [2.05, 4.69) is 110 Å². The molecule has 4 rings (SSSR count). The fourth-order valence-corrected chi connectivity index (χ4v) is 12.7. The normalized spacial score (nSPS) is 12.3. The van der Waals surface area contributed by atoms with Crippen LogP contribution in [-0.2, 0) is 15.5 Å². The van der Waals surface area contributed by atoms with Crippen molar-refractivity contribution in [2.45, 2.75) is 116 Å². The van der Waals surface area contributed by atoms with E-state index in [1.54, 1.807) is 0 Å². The summed E-state index contributed by atoms with van der Waals surface area (Å²) in [5.41, 5.74) is 1.16. The molecule has 0 atom stereocenters. The number of hydrogen-bond donors (Lipinski definition) is 0. The molecule has 4 aromatic rings. The fraction of sp³-hybridized carbons (Fsp3) is 0.419. The first-order valence-electron chi connectivity index (χ1n) is 18.1. The SMILES string of the molecule is CCCCCCCCCCCCCCCCCC(=O)OP(Cc1ccccc1)(c1ccccc1)(c1ccccc1)c1ccccc1. The maximum absolute atomic E-state index is 14.1. The predicted octanol–water partition coefficient (Wildman–Crippen LogP) is 11.4. The molecule has 2 nitrogen and oxygen atoms in total. The van der Waals surface area contributed by atoms with Gasteiger partial charge in [0.2, 0.25) is 0 Å². The van der Waals surface area contributed by atoms with Gasteiger partial charge in [-0.05, 0) is 0 Å². The molecule has 4 aromatic carbocycles. The summed E-state index contributed by atoms with van der Waals surface area (Å²) >= 11 is 0. The van der Waals surface area contributed by atoms with Crippen molar-refractivity contribution in [3.8, 4) is 0 Å². The molecule has 0 radical (unpaired) electrons. The first-order valence-corrected chi connectivity index (χ1v) is 20.5. The van der Waals surface area contributed by atoms with Crippen molar-refractivity contribution in [1.82, 2.24) is 0 Å². The van der Waals surface area contributed by atoms with Gasteiger partial charge in [-0.3, -0.25) is 0 Å². The van der Waals surface area contributed by atoms with E-state index in [0.29, 0.717) is 12.6 Å². The molecule has 0 bridgehead atoms. The Balaban J connectivity index is 1.42. The number of rotatable bonds is 22. The van der Waals surface area contributed by atoms with Gasteiger partial charge < -0.3 is 0 Å². The van der Waals surface area contributed by atoms with Crippen molar-refractivity contribution in [3.63, 3.8) is 0 Å². The van der Waals surface area contributed by atoms with Crippen LogP contribution in [0.2, 0.25) is 0 Å². The first-order chi connectivity index (χ1) is 22.7. The van der Waals surface area contributed by atoms with Gasteiger partial charge >= 0.3 is 235 Å². The van der Waals surface area contributed by atoms with E-state index in [0.717, 1.165) is 34.3 Å². The van der Waals surface area contributed by atoms with Crippen molar-refractivity contribution in [2.75, 3.05) is 0 Å². The Morgan fingerprint density at radius 2 is 0.783 bits per heavy atom. The van der Waals surface area contributed by atoms with Crippen LogP contribution in [0.4, 0.5) is 0 Å². The molecular weight excluding hydrogens is 579 g/mol. The zero-order valence-corrected chi connectivity index (χ0v) is 29.2. The average Bonchev–Trinajstić information content (AvgIpc) is 3.11. The van der Waals surface area contributed by atoms with Gasteiger partial charge in [0.05, 0.1) is 0 Å². The molecular formula is C43H57O2P. The molecule has 0 heterocycles. The Bertz CT molecular complexity index is 1270. The zero-order chi connectivity index (χ0) is 32.2. The Morgan fingerprint density at radius 3 is 1.15 bits per heavy atom. The molecule has 0 aromatic heterocycles. The van der Waals surface area contributed by atoms with Crippen LogP contribution in [0.25, 0.3) is 0 Å². The Morgan fingerprint density at radius 1 is 0.457 bits per heavy atom. The van der Waals surface area contributed by atoms with Crippen LogP contribution in [0.1, 0.15) is 115 Å². The summed E-state index contributed by atoms with van der Waals surface area (Å²) in [6, 6.07) is 42.2. The van der Waals surface area contributed by atoms with Gasteiger partial charge in [0.1, 0.15) is 0 Å². The van der Waals surface area contributed by atoms with Gasteiger partial charge in [-0.25, -0.2) is 0 Å². The van der Waals surface area contributed by atoms with Crippen LogP contribution in [0, 0.1) is 0 Å². The predicted molar refractivity (Wildman–Crippen MR) is 201 cm³/mol. The third-order valence-corrected chi connectivity index (χ3v) is 15.3. The van der Waals surface area contributed by atoms with Crippen molar-refractivity contribution < 1.29 is 9.32 Å². The summed E-state index contributed by atoms with van der Waals surface area (Å²) in [5.74, 6) is -0.0974. The van der Waals surface area contributed by atoms with Crippen LogP contribution in [0.3, 0.4) is 0 Å². The molecule has 0 aliphatic heterocycles. The van der Waals surface area contributed by atoms with Crippen LogP contribution < -0.4 is 15.9 Å². The summed E-state index contributed by atoms with van der Waals surface area (Å²) in [4.78, 5) is 14.1. The molecule has 0 saturated carbocycles. The van der Waals surface area contributed by atoms with Crippen LogP contribution in [0.5, 0.6) is 0 Å². The summed E-state index contributed by atoms with van der Waals surface area (Å²) < 4.78 is 7.20. The van der Waals surface area contributed by atoms with Crippen molar-refractivity contribution >= 4 is 28.7 Å². The van der Waals surface area contributed by atoms with Crippen molar-refractivity contribution in [3.05, 3.63) is 127 Å². The summed E-state index contributed by atoms with van der Waals surface area (Å²) in [6.45, 7) is -1.48. The zero-order valence-electron chi connectivity index (χ0n) is 28.3. The van der Waals surface area contributed by atoms with E-state index in [-0.39, 0.29) is 5.97 Å². The molecule has 46 heavy (non-hydrogen) atoms. The second kappa shape index (κ2) is 19.4. The van der Waals surface area contributed by atoms with Gasteiger partial charge in [-0.15, -0.1) is 0 Å². The molecule has 0 unspecified atom stereocenters.